The lowest BCUT2D eigenvalue weighted by atomic mass is 10.1. The van der Waals surface area contributed by atoms with Gasteiger partial charge in [-0.25, -0.2) is 0 Å². The van der Waals surface area contributed by atoms with Crippen LogP contribution in [0.2, 0.25) is 0 Å². The lowest BCUT2D eigenvalue weighted by Gasteiger charge is -2.37. The quantitative estimate of drug-likeness (QED) is 0.693. The van der Waals surface area contributed by atoms with Crippen molar-refractivity contribution in [2.45, 2.75) is 51.6 Å². The average Bonchev–Trinajstić information content (AvgIpc) is 2.35. The van der Waals surface area contributed by atoms with E-state index in [-0.39, 0.29) is 6.04 Å². The van der Waals surface area contributed by atoms with E-state index < -0.39 is 15.7 Å². The first-order valence-corrected chi connectivity index (χ1v) is 8.77. The molecule has 2 N–H and O–H groups in total. The highest BCUT2D eigenvalue weighted by molar-refractivity contribution is 7.87. The van der Waals surface area contributed by atoms with E-state index in [2.05, 4.69) is 10.0 Å². The molecule has 0 spiro atoms. The summed E-state index contributed by atoms with van der Waals surface area (Å²) < 4.78 is 34.6. The smallest absolute Gasteiger partial charge is 0.280 e. The first kappa shape index (κ1) is 17.8. The normalized spacial score (nSPS) is 22.1. The van der Waals surface area contributed by atoms with Crippen LogP contribution in [0.15, 0.2) is 0 Å². The minimum atomic E-state index is -3.48. The van der Waals surface area contributed by atoms with Gasteiger partial charge in [0.15, 0.2) is 0 Å². The SMILES string of the molecule is CCNCC1CCCCN1S(=O)(=O)NC(C)(C)COC. The summed E-state index contributed by atoms with van der Waals surface area (Å²) in [6.45, 7) is 8.19. The molecular formula is C13H29N3O3S. The Morgan fingerprint density at radius 3 is 2.65 bits per heavy atom. The number of rotatable bonds is 8. The largest absolute Gasteiger partial charge is 0.383 e. The molecule has 1 saturated heterocycles. The number of nitrogens with one attached hydrogen (secondary N) is 2. The predicted molar refractivity (Wildman–Crippen MR) is 80.9 cm³/mol. The van der Waals surface area contributed by atoms with E-state index in [9.17, 15) is 8.42 Å². The number of likely N-dealkylation sites (N-methyl/N-ethyl adjacent to an activating group) is 1. The van der Waals surface area contributed by atoms with E-state index in [1.54, 1.807) is 11.4 Å². The third-order valence-electron chi connectivity index (χ3n) is 3.42. The topological polar surface area (TPSA) is 70.7 Å². The van der Waals surface area contributed by atoms with E-state index >= 15 is 0 Å². The zero-order chi connectivity index (χ0) is 15.2. The van der Waals surface area contributed by atoms with Crippen LogP contribution in [-0.4, -0.2) is 57.7 Å². The second-order valence-corrected chi connectivity index (χ2v) is 7.62. The number of hydrogen-bond donors (Lipinski definition) is 2. The number of hydrogen-bond acceptors (Lipinski definition) is 4. The highest BCUT2D eigenvalue weighted by atomic mass is 32.2. The number of piperidine rings is 1. The van der Waals surface area contributed by atoms with Gasteiger partial charge < -0.3 is 10.1 Å². The van der Waals surface area contributed by atoms with Crippen molar-refractivity contribution in [2.75, 3.05) is 33.4 Å². The van der Waals surface area contributed by atoms with Crippen LogP contribution < -0.4 is 10.0 Å². The molecule has 1 aliphatic heterocycles. The maximum Gasteiger partial charge on any atom is 0.280 e. The highest BCUT2D eigenvalue weighted by Gasteiger charge is 2.35. The maximum absolute atomic E-state index is 12.6. The van der Waals surface area contributed by atoms with Crippen LogP contribution in [0.5, 0.6) is 0 Å². The molecule has 6 nitrogen and oxygen atoms in total. The number of ether oxygens (including phenoxy) is 1. The molecule has 0 aromatic heterocycles. The van der Waals surface area contributed by atoms with Crippen molar-refractivity contribution in [2.24, 2.45) is 0 Å². The van der Waals surface area contributed by atoms with Crippen molar-refractivity contribution in [3.8, 4) is 0 Å². The van der Waals surface area contributed by atoms with Gasteiger partial charge in [0, 0.05) is 26.2 Å². The molecule has 120 valence electrons. The van der Waals surface area contributed by atoms with Crippen molar-refractivity contribution in [1.29, 1.82) is 0 Å². The lowest BCUT2D eigenvalue weighted by Crippen LogP contribution is -2.57. The Morgan fingerprint density at radius 1 is 1.35 bits per heavy atom. The third-order valence-corrected chi connectivity index (χ3v) is 5.33. The van der Waals surface area contributed by atoms with E-state index in [0.717, 1.165) is 25.8 Å². The molecule has 0 amide bonds. The Hall–Kier alpha value is -0.210. The minimum absolute atomic E-state index is 0.0412. The van der Waals surface area contributed by atoms with Gasteiger partial charge in [0.1, 0.15) is 0 Å². The minimum Gasteiger partial charge on any atom is -0.383 e. The molecule has 0 radical (unpaired) electrons. The monoisotopic (exact) mass is 307 g/mol. The molecular weight excluding hydrogens is 278 g/mol. The fraction of sp³-hybridized carbons (Fsp3) is 1.00. The van der Waals surface area contributed by atoms with Crippen molar-refractivity contribution >= 4 is 10.2 Å². The third kappa shape index (κ3) is 5.29. The van der Waals surface area contributed by atoms with E-state index in [1.807, 2.05) is 20.8 Å². The van der Waals surface area contributed by atoms with Crippen LogP contribution in [0.1, 0.15) is 40.0 Å². The van der Waals surface area contributed by atoms with E-state index in [1.165, 1.54) is 0 Å². The van der Waals surface area contributed by atoms with Crippen molar-refractivity contribution < 1.29 is 13.2 Å². The van der Waals surface area contributed by atoms with Gasteiger partial charge in [-0.3, -0.25) is 0 Å². The summed E-state index contributed by atoms with van der Waals surface area (Å²) in [6, 6.07) is 0.0412. The second kappa shape index (κ2) is 7.70. The second-order valence-electron chi connectivity index (χ2n) is 5.99. The van der Waals surface area contributed by atoms with Gasteiger partial charge in [0.05, 0.1) is 12.1 Å². The molecule has 0 aromatic carbocycles. The molecule has 0 aliphatic carbocycles. The summed E-state index contributed by atoms with van der Waals surface area (Å²) in [5.41, 5.74) is -0.603. The lowest BCUT2D eigenvalue weighted by molar-refractivity contribution is 0.138. The average molecular weight is 307 g/mol. The van der Waals surface area contributed by atoms with Crippen LogP contribution in [0, 0.1) is 0 Å². The fourth-order valence-electron chi connectivity index (χ4n) is 2.60. The van der Waals surface area contributed by atoms with Gasteiger partial charge >= 0.3 is 0 Å². The predicted octanol–water partition coefficient (Wildman–Crippen LogP) is 0.710. The van der Waals surface area contributed by atoms with Crippen molar-refractivity contribution in [3.05, 3.63) is 0 Å². The molecule has 0 saturated carbocycles. The summed E-state index contributed by atoms with van der Waals surface area (Å²) in [5.74, 6) is 0. The van der Waals surface area contributed by atoms with Gasteiger partial charge in [0.25, 0.3) is 10.2 Å². The molecule has 0 aromatic rings. The summed E-state index contributed by atoms with van der Waals surface area (Å²) in [4.78, 5) is 0. The van der Waals surface area contributed by atoms with Crippen LogP contribution in [0.4, 0.5) is 0 Å². The summed E-state index contributed by atoms with van der Waals surface area (Å²) in [6.07, 6.45) is 2.93. The maximum atomic E-state index is 12.6. The molecule has 1 unspecified atom stereocenters. The summed E-state index contributed by atoms with van der Waals surface area (Å²) in [7, 11) is -1.91. The molecule has 1 fully saturated rings. The van der Waals surface area contributed by atoms with Gasteiger partial charge in [-0.2, -0.15) is 17.4 Å². The molecule has 1 rings (SSSR count). The molecule has 0 bridgehead atoms. The molecule has 1 heterocycles. The van der Waals surface area contributed by atoms with Crippen molar-refractivity contribution in [1.82, 2.24) is 14.3 Å². The van der Waals surface area contributed by atoms with Crippen LogP contribution in [0.25, 0.3) is 0 Å². The van der Waals surface area contributed by atoms with Crippen molar-refractivity contribution in [3.63, 3.8) is 0 Å². The number of methoxy groups -OCH3 is 1. The first-order valence-electron chi connectivity index (χ1n) is 7.33. The highest BCUT2D eigenvalue weighted by Crippen LogP contribution is 2.20. The zero-order valence-corrected chi connectivity index (χ0v) is 13.9. The van der Waals surface area contributed by atoms with E-state index in [0.29, 0.717) is 19.7 Å². The molecule has 7 heteroatoms. The molecule has 1 atom stereocenters. The van der Waals surface area contributed by atoms with Crippen LogP contribution in [-0.2, 0) is 14.9 Å². The van der Waals surface area contributed by atoms with Gasteiger partial charge in [-0.1, -0.05) is 13.3 Å². The summed E-state index contributed by atoms with van der Waals surface area (Å²) in [5, 5.41) is 3.25. The van der Waals surface area contributed by atoms with Crippen LogP contribution >= 0.6 is 0 Å². The number of nitrogens with zero attached hydrogens (tertiary/aromatic N) is 1. The van der Waals surface area contributed by atoms with Gasteiger partial charge in [0.2, 0.25) is 0 Å². The fourth-order valence-corrected chi connectivity index (χ4v) is 4.42. The standard InChI is InChI=1S/C13H29N3O3S/c1-5-14-10-12-8-6-7-9-16(12)20(17,18)15-13(2,3)11-19-4/h12,14-15H,5-11H2,1-4H3. The molecule has 20 heavy (non-hydrogen) atoms. The van der Waals surface area contributed by atoms with Gasteiger partial charge in [-0.15, -0.1) is 0 Å². The Labute approximate surface area is 123 Å². The van der Waals surface area contributed by atoms with E-state index in [4.69, 9.17) is 4.74 Å². The van der Waals surface area contributed by atoms with Crippen LogP contribution in [0.3, 0.4) is 0 Å². The Morgan fingerprint density at radius 2 is 2.05 bits per heavy atom. The zero-order valence-electron chi connectivity index (χ0n) is 13.1. The summed E-state index contributed by atoms with van der Waals surface area (Å²) >= 11 is 0. The van der Waals surface area contributed by atoms with Gasteiger partial charge in [-0.05, 0) is 33.2 Å². The Balaban J connectivity index is 2.76. The Kier molecular flexibility index (Phi) is 6.87. The Bertz CT molecular complexity index is 384. The first-order chi connectivity index (χ1) is 9.32. The molecule has 1 aliphatic rings.